The van der Waals surface area contributed by atoms with E-state index in [4.69, 9.17) is 4.74 Å². The minimum absolute atomic E-state index is 0.178. The molecule has 20 heavy (non-hydrogen) atoms. The number of carbonyl (C=O) groups is 2. The van der Waals surface area contributed by atoms with Crippen molar-refractivity contribution in [1.82, 2.24) is 5.32 Å². The first-order valence-electron chi connectivity index (χ1n) is 6.39. The van der Waals surface area contributed by atoms with E-state index in [2.05, 4.69) is 5.32 Å². The van der Waals surface area contributed by atoms with Crippen molar-refractivity contribution in [3.8, 4) is 0 Å². The third-order valence-corrected chi connectivity index (χ3v) is 3.44. The highest BCUT2D eigenvalue weighted by molar-refractivity contribution is 5.88. The second-order valence-electron chi connectivity index (χ2n) is 4.82. The number of rotatable bonds is 4. The van der Waals surface area contributed by atoms with Crippen LogP contribution < -0.4 is 5.32 Å². The van der Waals surface area contributed by atoms with Crippen molar-refractivity contribution in [2.45, 2.75) is 24.8 Å². The summed E-state index contributed by atoms with van der Waals surface area (Å²) in [5.41, 5.74) is -1.06. The van der Waals surface area contributed by atoms with Gasteiger partial charge in [0, 0.05) is 26.1 Å². The van der Waals surface area contributed by atoms with Gasteiger partial charge < -0.3 is 15.2 Å². The zero-order chi connectivity index (χ0) is 14.6. The maximum Gasteiger partial charge on any atom is 0.329 e. The Morgan fingerprint density at radius 1 is 1.30 bits per heavy atom. The molecule has 2 rings (SSSR count). The fourth-order valence-corrected chi connectivity index (χ4v) is 2.24. The molecule has 1 fully saturated rings. The molecule has 5 nitrogen and oxygen atoms in total. The lowest BCUT2D eigenvalue weighted by Crippen LogP contribution is -2.57. The van der Waals surface area contributed by atoms with Gasteiger partial charge in [0.25, 0.3) is 0 Å². The predicted octanol–water partition coefficient (Wildman–Crippen LogP) is 1.12. The maximum atomic E-state index is 13.5. The lowest BCUT2D eigenvalue weighted by atomic mass is 9.90. The van der Waals surface area contributed by atoms with Crippen LogP contribution in [0, 0.1) is 5.82 Å². The second-order valence-corrected chi connectivity index (χ2v) is 4.82. The molecule has 1 aliphatic rings. The summed E-state index contributed by atoms with van der Waals surface area (Å²) in [4.78, 5) is 23.3. The summed E-state index contributed by atoms with van der Waals surface area (Å²) in [7, 11) is 0. The molecule has 1 heterocycles. The number of benzene rings is 1. The van der Waals surface area contributed by atoms with Crippen LogP contribution in [-0.2, 0) is 20.7 Å². The number of carboxylic acids is 1. The van der Waals surface area contributed by atoms with Crippen molar-refractivity contribution in [2.75, 3.05) is 13.2 Å². The highest BCUT2D eigenvalue weighted by atomic mass is 19.1. The Morgan fingerprint density at radius 2 is 1.95 bits per heavy atom. The molecule has 0 aromatic heterocycles. The third-order valence-electron chi connectivity index (χ3n) is 3.44. The van der Waals surface area contributed by atoms with Gasteiger partial charge >= 0.3 is 5.97 Å². The molecule has 1 aromatic rings. The molecule has 0 bridgehead atoms. The average Bonchev–Trinajstić information content (AvgIpc) is 2.42. The number of aliphatic carboxylic acids is 1. The lowest BCUT2D eigenvalue weighted by Gasteiger charge is -2.33. The van der Waals surface area contributed by atoms with Crippen LogP contribution in [0.5, 0.6) is 0 Å². The molecule has 0 unspecified atom stereocenters. The van der Waals surface area contributed by atoms with E-state index >= 15 is 0 Å². The minimum atomic E-state index is -1.30. The van der Waals surface area contributed by atoms with Gasteiger partial charge in [-0.25, -0.2) is 9.18 Å². The molecular formula is C14H16FNO4. The molecule has 1 aliphatic heterocycles. The summed E-state index contributed by atoms with van der Waals surface area (Å²) in [5.74, 6) is -2.05. The number of carboxylic acid groups (broad SMARTS) is 1. The van der Waals surface area contributed by atoms with Crippen LogP contribution in [0.25, 0.3) is 0 Å². The highest BCUT2D eigenvalue weighted by Crippen LogP contribution is 2.21. The van der Waals surface area contributed by atoms with Crippen molar-refractivity contribution in [1.29, 1.82) is 0 Å². The van der Waals surface area contributed by atoms with Crippen LogP contribution >= 0.6 is 0 Å². The first kappa shape index (κ1) is 14.5. The minimum Gasteiger partial charge on any atom is -0.480 e. The van der Waals surface area contributed by atoms with E-state index in [1.165, 1.54) is 18.2 Å². The van der Waals surface area contributed by atoms with Crippen LogP contribution in [0.2, 0.25) is 0 Å². The van der Waals surface area contributed by atoms with E-state index in [0.717, 1.165) is 0 Å². The molecule has 0 atom stereocenters. The zero-order valence-electron chi connectivity index (χ0n) is 10.9. The number of hydrogen-bond donors (Lipinski definition) is 2. The Kier molecular flexibility index (Phi) is 4.34. The molecule has 0 spiro atoms. The van der Waals surface area contributed by atoms with Gasteiger partial charge in [-0.2, -0.15) is 0 Å². The summed E-state index contributed by atoms with van der Waals surface area (Å²) in [6.07, 6.45) is 0.249. The van der Waals surface area contributed by atoms with Crippen molar-refractivity contribution in [3.05, 3.63) is 35.6 Å². The van der Waals surface area contributed by atoms with Gasteiger partial charge in [-0.1, -0.05) is 18.2 Å². The highest BCUT2D eigenvalue weighted by Gasteiger charge is 2.41. The number of carbonyl (C=O) groups excluding carboxylic acids is 1. The number of hydrogen-bond acceptors (Lipinski definition) is 3. The number of ether oxygens (including phenoxy) is 1. The van der Waals surface area contributed by atoms with E-state index in [1.807, 2.05) is 0 Å². The largest absolute Gasteiger partial charge is 0.480 e. The van der Waals surface area contributed by atoms with Gasteiger partial charge in [0.1, 0.15) is 11.4 Å². The molecule has 1 amide bonds. The third kappa shape index (κ3) is 3.14. The molecule has 2 N–H and O–H groups in total. The molecule has 1 saturated heterocycles. The van der Waals surface area contributed by atoms with Crippen molar-refractivity contribution >= 4 is 11.9 Å². The molecule has 108 valence electrons. The Labute approximate surface area is 115 Å². The van der Waals surface area contributed by atoms with Crippen LogP contribution in [0.1, 0.15) is 18.4 Å². The van der Waals surface area contributed by atoms with Gasteiger partial charge in [0.05, 0.1) is 6.42 Å². The summed E-state index contributed by atoms with van der Waals surface area (Å²) in [5, 5.41) is 11.8. The number of halogens is 1. The van der Waals surface area contributed by atoms with Gasteiger partial charge in [0.15, 0.2) is 0 Å². The lowest BCUT2D eigenvalue weighted by molar-refractivity contribution is -0.152. The Hall–Kier alpha value is -1.95. The normalized spacial score (nSPS) is 17.4. The van der Waals surface area contributed by atoms with Crippen LogP contribution in [0.15, 0.2) is 24.3 Å². The molecule has 1 aromatic carbocycles. The number of amides is 1. The van der Waals surface area contributed by atoms with Crippen LogP contribution in [0.4, 0.5) is 4.39 Å². The number of nitrogens with one attached hydrogen (secondary N) is 1. The predicted molar refractivity (Wildman–Crippen MR) is 68.7 cm³/mol. The topological polar surface area (TPSA) is 75.6 Å². The average molecular weight is 281 g/mol. The molecule has 0 radical (unpaired) electrons. The summed E-state index contributed by atoms with van der Waals surface area (Å²) in [6.45, 7) is 0.568. The fraction of sp³-hybridized carbons (Fsp3) is 0.429. The molecular weight excluding hydrogens is 265 g/mol. The van der Waals surface area contributed by atoms with Crippen molar-refractivity contribution in [2.24, 2.45) is 0 Å². The smallest absolute Gasteiger partial charge is 0.329 e. The Balaban J connectivity index is 2.06. The van der Waals surface area contributed by atoms with E-state index in [-0.39, 0.29) is 38.0 Å². The van der Waals surface area contributed by atoms with Gasteiger partial charge in [0.2, 0.25) is 5.91 Å². The van der Waals surface area contributed by atoms with Gasteiger partial charge in [-0.05, 0) is 11.6 Å². The first-order valence-corrected chi connectivity index (χ1v) is 6.39. The Bertz CT molecular complexity index is 512. The fourth-order valence-electron chi connectivity index (χ4n) is 2.24. The Morgan fingerprint density at radius 3 is 2.55 bits per heavy atom. The molecule has 6 heteroatoms. The summed E-state index contributed by atoms with van der Waals surface area (Å²) >= 11 is 0. The van der Waals surface area contributed by atoms with Gasteiger partial charge in [-0.15, -0.1) is 0 Å². The molecule has 0 aliphatic carbocycles. The quantitative estimate of drug-likeness (QED) is 0.867. The SMILES string of the molecule is O=C(Cc1ccccc1F)NC1(C(=O)O)CCOCC1. The van der Waals surface area contributed by atoms with E-state index < -0.39 is 23.2 Å². The van der Waals surface area contributed by atoms with Crippen molar-refractivity contribution in [3.63, 3.8) is 0 Å². The van der Waals surface area contributed by atoms with Crippen LogP contribution in [-0.4, -0.2) is 35.7 Å². The second kappa shape index (κ2) is 6.00. The van der Waals surface area contributed by atoms with E-state index in [9.17, 15) is 19.1 Å². The van der Waals surface area contributed by atoms with Crippen molar-refractivity contribution < 1.29 is 23.8 Å². The van der Waals surface area contributed by atoms with E-state index in [0.29, 0.717) is 0 Å². The summed E-state index contributed by atoms with van der Waals surface area (Å²) < 4.78 is 18.6. The first-order chi connectivity index (χ1) is 9.53. The molecule has 0 saturated carbocycles. The standard InChI is InChI=1S/C14H16FNO4/c15-11-4-2-1-3-10(11)9-12(17)16-14(13(18)19)5-7-20-8-6-14/h1-4H,5-9H2,(H,16,17)(H,18,19). The maximum absolute atomic E-state index is 13.5. The van der Waals surface area contributed by atoms with E-state index in [1.54, 1.807) is 6.07 Å². The summed E-state index contributed by atoms with van der Waals surface area (Å²) in [6, 6.07) is 5.94. The van der Waals surface area contributed by atoms with Crippen LogP contribution in [0.3, 0.4) is 0 Å². The monoisotopic (exact) mass is 281 g/mol. The van der Waals surface area contributed by atoms with Gasteiger partial charge in [-0.3, -0.25) is 4.79 Å². The zero-order valence-corrected chi connectivity index (χ0v) is 10.9.